The molecule has 0 bridgehead atoms. The third-order valence-corrected chi connectivity index (χ3v) is 4.51. The van der Waals surface area contributed by atoms with Crippen LogP contribution in [0.15, 0.2) is 33.9 Å². The van der Waals surface area contributed by atoms with E-state index in [1.165, 1.54) is 6.07 Å². The molecule has 0 amide bonds. The number of hydrogen-bond acceptors (Lipinski definition) is 6. The minimum atomic E-state index is -3.92. The molecule has 0 saturated heterocycles. The predicted molar refractivity (Wildman–Crippen MR) is 79.5 cm³/mol. The third kappa shape index (κ3) is 3.46. The molecule has 0 unspecified atom stereocenters. The number of nitrogens with one attached hydrogen (secondary N) is 2. The van der Waals surface area contributed by atoms with Crippen molar-refractivity contribution in [1.82, 2.24) is 9.97 Å². The summed E-state index contributed by atoms with van der Waals surface area (Å²) in [6.45, 7) is 1.65. The molecule has 2 rings (SSSR count). The molecule has 0 saturated carbocycles. The second-order valence-electron chi connectivity index (χ2n) is 4.07. The molecule has 1 heterocycles. The Balaban J connectivity index is 2.34. The number of rotatable bonds is 4. The topological polar surface area (TPSA) is 110 Å². The zero-order chi connectivity index (χ0) is 15.6. The van der Waals surface area contributed by atoms with Crippen LogP contribution in [0.4, 0.5) is 16.0 Å². The summed E-state index contributed by atoms with van der Waals surface area (Å²) in [4.78, 5) is 7.26. The zero-order valence-electron chi connectivity index (χ0n) is 10.8. The van der Waals surface area contributed by atoms with Crippen molar-refractivity contribution in [1.29, 1.82) is 0 Å². The first-order valence-electron chi connectivity index (χ1n) is 5.60. The van der Waals surface area contributed by atoms with Crippen molar-refractivity contribution in [3.63, 3.8) is 0 Å². The lowest BCUT2D eigenvalue weighted by Gasteiger charge is -2.11. The largest absolute Gasteiger partial charge is 0.292 e. The molecule has 4 N–H and O–H groups in total. The van der Waals surface area contributed by atoms with Crippen LogP contribution in [0.1, 0.15) is 5.56 Å². The minimum absolute atomic E-state index is 0.0832. The molecule has 1 aromatic carbocycles. The van der Waals surface area contributed by atoms with E-state index < -0.39 is 15.8 Å². The van der Waals surface area contributed by atoms with E-state index in [-0.39, 0.29) is 21.0 Å². The van der Waals surface area contributed by atoms with Crippen molar-refractivity contribution in [2.24, 2.45) is 5.84 Å². The van der Waals surface area contributed by atoms with Crippen molar-refractivity contribution in [3.05, 3.63) is 40.4 Å². The van der Waals surface area contributed by atoms with E-state index in [0.29, 0.717) is 5.56 Å². The Morgan fingerprint density at radius 1 is 1.29 bits per heavy atom. The molecule has 0 fully saturated rings. The molecular formula is C11H11BrFN5O2S. The van der Waals surface area contributed by atoms with Crippen LogP contribution in [0, 0.1) is 12.7 Å². The Kier molecular flexibility index (Phi) is 4.40. The number of anilines is 2. The first-order chi connectivity index (χ1) is 9.83. The molecule has 0 atom stereocenters. The first-order valence-corrected chi connectivity index (χ1v) is 7.88. The predicted octanol–water partition coefficient (Wildman–Crippen LogP) is 1.77. The van der Waals surface area contributed by atoms with E-state index in [0.717, 1.165) is 18.5 Å². The minimum Gasteiger partial charge on any atom is -0.292 e. The summed E-state index contributed by atoms with van der Waals surface area (Å²) in [6.07, 6.45) is 2.18. The molecule has 1 aromatic heterocycles. The van der Waals surface area contributed by atoms with Crippen molar-refractivity contribution in [2.75, 3.05) is 10.1 Å². The summed E-state index contributed by atoms with van der Waals surface area (Å²) < 4.78 is 40.4. The molecule has 0 spiro atoms. The van der Waals surface area contributed by atoms with Gasteiger partial charge in [-0.05, 0) is 40.5 Å². The van der Waals surface area contributed by atoms with Gasteiger partial charge in [-0.3, -0.25) is 10.1 Å². The van der Waals surface area contributed by atoms with Gasteiger partial charge in [0.15, 0.2) is 0 Å². The lowest BCUT2D eigenvalue weighted by molar-refractivity contribution is 0.600. The summed E-state index contributed by atoms with van der Waals surface area (Å²) in [5.74, 6) is 4.61. The Labute approximate surface area is 128 Å². The van der Waals surface area contributed by atoms with E-state index in [1.807, 2.05) is 0 Å². The molecule has 10 heteroatoms. The Morgan fingerprint density at radius 3 is 2.48 bits per heavy atom. The molecular weight excluding hydrogens is 365 g/mol. The SMILES string of the molecule is Cc1cc(Br)c(F)cc1NS(=O)(=O)c1cnc(NN)nc1. The number of halogens is 2. The Bertz CT molecular complexity index is 767. The molecule has 0 aliphatic carbocycles. The highest BCUT2D eigenvalue weighted by Crippen LogP contribution is 2.25. The summed E-state index contributed by atoms with van der Waals surface area (Å²) in [6, 6.07) is 2.57. The van der Waals surface area contributed by atoms with Gasteiger partial charge >= 0.3 is 0 Å². The summed E-state index contributed by atoms with van der Waals surface area (Å²) in [5, 5.41) is 0. The number of aryl methyl sites for hydroxylation is 1. The van der Waals surface area contributed by atoms with Crippen molar-refractivity contribution < 1.29 is 12.8 Å². The number of hydrazine groups is 1. The maximum absolute atomic E-state index is 13.5. The van der Waals surface area contributed by atoms with Crippen molar-refractivity contribution in [2.45, 2.75) is 11.8 Å². The fourth-order valence-corrected chi connectivity index (χ4v) is 2.96. The average molecular weight is 376 g/mol. The summed E-state index contributed by atoms with van der Waals surface area (Å²) >= 11 is 3.03. The van der Waals surface area contributed by atoms with E-state index in [9.17, 15) is 12.8 Å². The monoisotopic (exact) mass is 375 g/mol. The lowest BCUT2D eigenvalue weighted by atomic mass is 10.2. The first kappa shape index (κ1) is 15.6. The van der Waals surface area contributed by atoms with Gasteiger partial charge in [-0.15, -0.1) is 0 Å². The quantitative estimate of drug-likeness (QED) is 0.554. The summed E-state index contributed by atoms with van der Waals surface area (Å²) in [7, 11) is -3.92. The van der Waals surface area contributed by atoms with Crippen LogP contribution in [0.3, 0.4) is 0 Å². The number of nitrogens with two attached hydrogens (primary N) is 1. The second-order valence-corrected chi connectivity index (χ2v) is 6.61. The second kappa shape index (κ2) is 5.92. The average Bonchev–Trinajstić information content (AvgIpc) is 2.44. The number of nitrogen functional groups attached to an aromatic ring is 1. The molecule has 21 heavy (non-hydrogen) atoms. The number of nitrogens with zero attached hydrogens (tertiary/aromatic N) is 2. The maximum Gasteiger partial charge on any atom is 0.264 e. The van der Waals surface area contributed by atoms with E-state index in [2.05, 4.69) is 36.0 Å². The van der Waals surface area contributed by atoms with Crippen LogP contribution in [0.25, 0.3) is 0 Å². The number of aromatic nitrogens is 2. The van der Waals surface area contributed by atoms with Crippen LogP contribution in [0.2, 0.25) is 0 Å². The standard InChI is InChI=1S/C11H11BrFN5O2S/c1-6-2-8(12)9(13)3-10(6)18-21(19,20)7-4-15-11(17-14)16-5-7/h2-5,18H,14H2,1H3,(H,15,16,17). The smallest absolute Gasteiger partial charge is 0.264 e. The maximum atomic E-state index is 13.5. The van der Waals surface area contributed by atoms with Gasteiger partial charge in [0, 0.05) is 0 Å². The third-order valence-electron chi connectivity index (χ3n) is 2.58. The van der Waals surface area contributed by atoms with Gasteiger partial charge in [0.05, 0.1) is 22.6 Å². The van der Waals surface area contributed by atoms with Gasteiger partial charge in [0.25, 0.3) is 10.0 Å². The fourth-order valence-electron chi connectivity index (χ4n) is 1.49. The fraction of sp³-hybridized carbons (Fsp3) is 0.0909. The normalized spacial score (nSPS) is 11.2. The van der Waals surface area contributed by atoms with Gasteiger partial charge in [0.1, 0.15) is 10.7 Å². The molecule has 112 valence electrons. The number of sulfonamides is 1. The van der Waals surface area contributed by atoms with E-state index in [4.69, 9.17) is 5.84 Å². The van der Waals surface area contributed by atoms with Crippen molar-refractivity contribution >= 4 is 37.6 Å². The van der Waals surface area contributed by atoms with Gasteiger partial charge in [-0.25, -0.2) is 28.6 Å². The molecule has 2 aromatic rings. The molecule has 7 nitrogen and oxygen atoms in total. The van der Waals surface area contributed by atoms with Gasteiger partial charge in [-0.1, -0.05) is 0 Å². The van der Waals surface area contributed by atoms with Crippen LogP contribution in [-0.4, -0.2) is 18.4 Å². The van der Waals surface area contributed by atoms with Crippen LogP contribution in [-0.2, 0) is 10.0 Å². The Morgan fingerprint density at radius 2 is 1.90 bits per heavy atom. The zero-order valence-corrected chi connectivity index (χ0v) is 13.2. The van der Waals surface area contributed by atoms with Gasteiger partial charge in [-0.2, -0.15) is 0 Å². The van der Waals surface area contributed by atoms with Gasteiger partial charge < -0.3 is 0 Å². The Hall–Kier alpha value is -1.78. The van der Waals surface area contributed by atoms with Crippen LogP contribution >= 0.6 is 15.9 Å². The highest BCUT2D eigenvalue weighted by molar-refractivity contribution is 9.10. The van der Waals surface area contributed by atoms with Crippen LogP contribution in [0.5, 0.6) is 0 Å². The highest BCUT2D eigenvalue weighted by Gasteiger charge is 2.17. The van der Waals surface area contributed by atoms with E-state index >= 15 is 0 Å². The summed E-state index contributed by atoms with van der Waals surface area (Å²) in [5.41, 5.74) is 2.88. The lowest BCUT2D eigenvalue weighted by Crippen LogP contribution is -2.16. The van der Waals surface area contributed by atoms with Gasteiger partial charge in [0.2, 0.25) is 5.95 Å². The molecule has 0 aliphatic rings. The number of benzene rings is 1. The number of hydrogen-bond donors (Lipinski definition) is 3. The molecule has 0 aliphatic heterocycles. The molecule has 0 radical (unpaired) electrons. The van der Waals surface area contributed by atoms with E-state index in [1.54, 1.807) is 6.92 Å². The van der Waals surface area contributed by atoms with Crippen molar-refractivity contribution in [3.8, 4) is 0 Å². The highest BCUT2D eigenvalue weighted by atomic mass is 79.9. The van der Waals surface area contributed by atoms with Crippen LogP contribution < -0.4 is 16.0 Å².